The first kappa shape index (κ1) is 12.3. The number of nitrogens with zero attached hydrogens (tertiary/aromatic N) is 1. The third kappa shape index (κ3) is 1.45. The maximum Gasteiger partial charge on any atom is 0.363 e. The molecule has 3 N–H and O–H groups in total. The van der Waals surface area contributed by atoms with Crippen molar-refractivity contribution in [2.75, 3.05) is 5.73 Å². The van der Waals surface area contributed by atoms with Crippen molar-refractivity contribution >= 4 is 27.6 Å². The zero-order valence-electron chi connectivity index (χ0n) is 10.7. The van der Waals surface area contributed by atoms with Crippen LogP contribution in [-0.2, 0) is 6.54 Å². The molecule has 6 heteroatoms. The van der Waals surface area contributed by atoms with Crippen molar-refractivity contribution in [3.8, 4) is 5.75 Å². The van der Waals surface area contributed by atoms with E-state index in [0.717, 1.165) is 0 Å². The average Bonchev–Trinajstić information content (AvgIpc) is 2.45. The minimum Gasteiger partial charge on any atom is -0.505 e. The van der Waals surface area contributed by atoms with Crippen LogP contribution in [0.3, 0.4) is 0 Å². The Morgan fingerprint density at radius 2 is 2.00 bits per heavy atom. The molecule has 0 saturated heterocycles. The molecule has 3 rings (SSSR count). The van der Waals surface area contributed by atoms with E-state index in [2.05, 4.69) is 0 Å². The van der Waals surface area contributed by atoms with Gasteiger partial charge in [-0.1, -0.05) is 12.1 Å². The molecular weight excluding hydrogens is 260 g/mol. The number of benzene rings is 1. The summed E-state index contributed by atoms with van der Waals surface area (Å²) < 4.78 is 6.61. The molecule has 0 aliphatic rings. The maximum absolute atomic E-state index is 12.4. The van der Waals surface area contributed by atoms with E-state index in [1.54, 1.807) is 24.3 Å². The molecule has 0 aliphatic carbocycles. The Labute approximate surface area is 112 Å². The number of para-hydroxylation sites is 1. The highest BCUT2D eigenvalue weighted by molar-refractivity contribution is 6.05. The van der Waals surface area contributed by atoms with Crippen LogP contribution in [0.15, 0.2) is 38.3 Å². The van der Waals surface area contributed by atoms with Crippen molar-refractivity contribution in [1.29, 1.82) is 0 Å². The Bertz CT molecular complexity index is 953. The third-order valence-corrected chi connectivity index (χ3v) is 3.35. The van der Waals surface area contributed by atoms with Gasteiger partial charge >= 0.3 is 5.63 Å². The summed E-state index contributed by atoms with van der Waals surface area (Å²) in [6, 6.07) is 7.03. The number of nitrogens with two attached hydrogens (primary N) is 1. The highest BCUT2D eigenvalue weighted by Crippen LogP contribution is 2.29. The van der Waals surface area contributed by atoms with E-state index in [1.807, 2.05) is 6.92 Å². The van der Waals surface area contributed by atoms with Crippen LogP contribution in [0.25, 0.3) is 21.9 Å². The summed E-state index contributed by atoms with van der Waals surface area (Å²) >= 11 is 0. The lowest BCUT2D eigenvalue weighted by molar-refractivity contribution is 0.471. The summed E-state index contributed by atoms with van der Waals surface area (Å²) in [4.78, 5) is 24.0. The van der Waals surface area contributed by atoms with Crippen LogP contribution in [-0.4, -0.2) is 9.67 Å². The van der Waals surface area contributed by atoms with Gasteiger partial charge in [-0.15, -0.1) is 0 Å². The smallest absolute Gasteiger partial charge is 0.363 e. The van der Waals surface area contributed by atoms with Crippen molar-refractivity contribution in [2.24, 2.45) is 0 Å². The van der Waals surface area contributed by atoms with Gasteiger partial charge in [-0.25, -0.2) is 4.79 Å². The van der Waals surface area contributed by atoms with Crippen LogP contribution in [0, 0.1) is 0 Å². The van der Waals surface area contributed by atoms with Gasteiger partial charge in [0.15, 0.2) is 17.0 Å². The minimum absolute atomic E-state index is 0.0620. The summed E-state index contributed by atoms with van der Waals surface area (Å²) in [5.41, 5.74) is 4.41. The van der Waals surface area contributed by atoms with Crippen molar-refractivity contribution < 1.29 is 9.52 Å². The monoisotopic (exact) mass is 272 g/mol. The summed E-state index contributed by atoms with van der Waals surface area (Å²) in [6.07, 6.45) is 0. The second kappa shape index (κ2) is 4.12. The fourth-order valence-corrected chi connectivity index (χ4v) is 2.38. The second-order valence-corrected chi connectivity index (χ2v) is 4.42. The third-order valence-electron chi connectivity index (χ3n) is 3.35. The molecule has 0 atom stereocenters. The normalized spacial score (nSPS) is 11.2. The first-order valence-electron chi connectivity index (χ1n) is 6.13. The van der Waals surface area contributed by atoms with Crippen molar-refractivity contribution in [3.63, 3.8) is 0 Å². The first-order valence-corrected chi connectivity index (χ1v) is 6.13. The first-order chi connectivity index (χ1) is 9.56. The van der Waals surface area contributed by atoms with E-state index in [-0.39, 0.29) is 11.0 Å². The van der Waals surface area contributed by atoms with Crippen LogP contribution in [0.5, 0.6) is 5.75 Å². The van der Waals surface area contributed by atoms with Gasteiger partial charge in [0, 0.05) is 11.9 Å². The Kier molecular flexibility index (Phi) is 2.53. The van der Waals surface area contributed by atoms with Gasteiger partial charge in [0.05, 0.1) is 5.52 Å². The van der Waals surface area contributed by atoms with Crippen molar-refractivity contribution in [1.82, 2.24) is 4.57 Å². The van der Waals surface area contributed by atoms with Gasteiger partial charge in [0.1, 0.15) is 5.39 Å². The molecule has 0 saturated carbocycles. The average molecular weight is 272 g/mol. The minimum atomic E-state index is -0.853. The van der Waals surface area contributed by atoms with Crippen LogP contribution in [0.2, 0.25) is 0 Å². The Hall–Kier alpha value is -2.76. The lowest BCUT2D eigenvalue weighted by Crippen LogP contribution is -2.21. The number of aryl methyl sites for hydroxylation is 1. The Morgan fingerprint density at radius 1 is 1.30 bits per heavy atom. The van der Waals surface area contributed by atoms with Crippen LogP contribution >= 0.6 is 0 Å². The zero-order chi connectivity index (χ0) is 14.4. The van der Waals surface area contributed by atoms with E-state index >= 15 is 0 Å². The van der Waals surface area contributed by atoms with E-state index < -0.39 is 22.6 Å². The van der Waals surface area contributed by atoms with E-state index in [0.29, 0.717) is 17.4 Å². The summed E-state index contributed by atoms with van der Waals surface area (Å²) in [6.45, 7) is 2.24. The lowest BCUT2D eigenvalue weighted by atomic mass is 10.1. The van der Waals surface area contributed by atoms with Crippen molar-refractivity contribution in [2.45, 2.75) is 13.5 Å². The number of rotatable bonds is 1. The highest BCUT2D eigenvalue weighted by atomic mass is 16.4. The molecule has 0 radical (unpaired) electrons. The van der Waals surface area contributed by atoms with Crippen LogP contribution in [0.1, 0.15) is 6.92 Å². The second-order valence-electron chi connectivity index (χ2n) is 4.42. The molecule has 6 nitrogen and oxygen atoms in total. The molecular formula is C14H12N2O4. The van der Waals surface area contributed by atoms with E-state index in [1.165, 1.54) is 4.57 Å². The van der Waals surface area contributed by atoms with Gasteiger partial charge in [-0.3, -0.25) is 4.79 Å². The highest BCUT2D eigenvalue weighted by Gasteiger charge is 2.19. The van der Waals surface area contributed by atoms with Gasteiger partial charge in [0.25, 0.3) is 5.56 Å². The predicted molar refractivity (Wildman–Crippen MR) is 76.0 cm³/mol. The van der Waals surface area contributed by atoms with Crippen LogP contribution in [0.4, 0.5) is 5.69 Å². The number of nitrogen functional groups attached to an aromatic ring is 1. The van der Waals surface area contributed by atoms with E-state index in [4.69, 9.17) is 10.2 Å². The molecule has 0 unspecified atom stereocenters. The number of anilines is 1. The Balaban J connectivity index is 2.76. The summed E-state index contributed by atoms with van der Waals surface area (Å²) in [5, 5.41) is 10.5. The fourth-order valence-electron chi connectivity index (χ4n) is 2.38. The van der Waals surface area contributed by atoms with Gasteiger partial charge in [-0.05, 0) is 19.1 Å². The number of hydrogen-bond donors (Lipinski definition) is 2. The number of hydrogen-bond acceptors (Lipinski definition) is 5. The molecule has 102 valence electrons. The summed E-state index contributed by atoms with van der Waals surface area (Å²) in [5.74, 6) is -0.519. The number of aromatic hydroxyl groups is 1. The molecule has 0 fully saturated rings. The molecule has 0 bridgehead atoms. The van der Waals surface area contributed by atoms with Gasteiger partial charge in [0.2, 0.25) is 0 Å². The molecule has 2 aromatic heterocycles. The Morgan fingerprint density at radius 3 is 2.70 bits per heavy atom. The van der Waals surface area contributed by atoms with Crippen molar-refractivity contribution in [3.05, 3.63) is 45.0 Å². The standard InChI is InChI=1S/C14H12N2O4/c1-2-16-8-6-4-3-5-7(8)12-9(13(16)18)11(17)10(15)14(19)20-12/h3-6,17H,2,15H2,1H3. The maximum atomic E-state index is 12.4. The molecule has 20 heavy (non-hydrogen) atoms. The SMILES string of the molecule is CCn1c(=O)c2c(O)c(N)c(=O)oc2c2ccccc21. The molecule has 1 aromatic carbocycles. The topological polar surface area (TPSA) is 98.5 Å². The quantitative estimate of drug-likeness (QED) is 0.653. The number of pyridine rings is 1. The fraction of sp³-hybridized carbons (Fsp3) is 0.143. The largest absolute Gasteiger partial charge is 0.505 e. The number of aromatic nitrogens is 1. The van der Waals surface area contributed by atoms with E-state index in [9.17, 15) is 14.7 Å². The molecule has 0 amide bonds. The molecule has 3 aromatic rings. The summed E-state index contributed by atoms with van der Waals surface area (Å²) in [7, 11) is 0. The zero-order valence-corrected chi connectivity index (χ0v) is 10.7. The predicted octanol–water partition coefficient (Wildman–Crippen LogP) is 1.42. The molecule has 0 spiro atoms. The lowest BCUT2D eigenvalue weighted by Gasteiger charge is -2.11. The number of fused-ring (bicyclic) bond motifs is 3. The van der Waals surface area contributed by atoms with Gasteiger partial charge in [-0.2, -0.15) is 0 Å². The molecule has 2 heterocycles. The van der Waals surface area contributed by atoms with Gasteiger partial charge < -0.3 is 19.8 Å². The van der Waals surface area contributed by atoms with Crippen LogP contribution < -0.4 is 16.9 Å². The molecule has 0 aliphatic heterocycles.